The lowest BCUT2D eigenvalue weighted by Gasteiger charge is -2.18. The molecule has 0 aliphatic carbocycles. The molecular formula is C17H18F2N2O3S. The molecule has 8 heteroatoms. The zero-order chi connectivity index (χ0) is 17.9. The Morgan fingerprint density at radius 1 is 1.12 bits per heavy atom. The minimum atomic E-state index is -3.31. The first-order chi connectivity index (χ1) is 12.0. The van der Waals surface area contributed by atoms with Crippen LogP contribution in [0.1, 0.15) is 6.42 Å². The van der Waals surface area contributed by atoms with E-state index in [0.717, 1.165) is 0 Å². The lowest BCUT2D eigenvalue weighted by molar-refractivity contribution is 0.332. The summed E-state index contributed by atoms with van der Waals surface area (Å²) >= 11 is 0. The van der Waals surface area contributed by atoms with E-state index in [-0.39, 0.29) is 23.9 Å². The Balaban J connectivity index is 1.60. The van der Waals surface area contributed by atoms with Crippen molar-refractivity contribution in [1.82, 2.24) is 0 Å². The van der Waals surface area contributed by atoms with Gasteiger partial charge in [-0.25, -0.2) is 17.2 Å². The molecule has 1 aliphatic rings. The lowest BCUT2D eigenvalue weighted by atomic mass is 10.2. The highest BCUT2D eigenvalue weighted by atomic mass is 32.2. The van der Waals surface area contributed by atoms with Crippen molar-refractivity contribution in [3.63, 3.8) is 0 Å². The largest absolute Gasteiger partial charge is 0.492 e. The van der Waals surface area contributed by atoms with Crippen molar-refractivity contribution >= 4 is 21.4 Å². The number of hydrogen-bond acceptors (Lipinski definition) is 4. The fourth-order valence-corrected chi connectivity index (χ4v) is 4.18. The molecule has 2 aromatic carbocycles. The van der Waals surface area contributed by atoms with Gasteiger partial charge in [0.2, 0.25) is 10.0 Å². The summed E-state index contributed by atoms with van der Waals surface area (Å²) in [5.41, 5.74) is 0.656. The van der Waals surface area contributed by atoms with Crippen molar-refractivity contribution in [1.29, 1.82) is 0 Å². The van der Waals surface area contributed by atoms with Crippen LogP contribution in [0.4, 0.5) is 20.2 Å². The standard InChI is InChI=1S/C17H18F2N2O3S/c18-13-2-5-15(6-3-13)24-10-8-20-17-12-14(4-7-16(17)19)21-9-1-11-25(21,22)23/h2-7,12,20H,1,8-11H2. The number of rotatable bonds is 6. The quantitative estimate of drug-likeness (QED) is 0.797. The average Bonchev–Trinajstić information content (AvgIpc) is 2.94. The van der Waals surface area contributed by atoms with Crippen LogP contribution in [-0.4, -0.2) is 33.9 Å². The molecule has 0 unspecified atom stereocenters. The summed E-state index contributed by atoms with van der Waals surface area (Å²) in [5.74, 6) is -0.192. The van der Waals surface area contributed by atoms with Gasteiger partial charge in [-0.1, -0.05) is 0 Å². The molecular weight excluding hydrogens is 350 g/mol. The van der Waals surface area contributed by atoms with E-state index in [1.807, 2.05) is 0 Å². The Hall–Kier alpha value is -2.35. The molecule has 134 valence electrons. The molecule has 0 spiro atoms. The van der Waals surface area contributed by atoms with E-state index in [0.29, 0.717) is 30.9 Å². The summed E-state index contributed by atoms with van der Waals surface area (Å²) in [6.45, 7) is 0.961. The van der Waals surface area contributed by atoms with Gasteiger partial charge in [-0.2, -0.15) is 0 Å². The van der Waals surface area contributed by atoms with Gasteiger partial charge >= 0.3 is 0 Å². The van der Waals surface area contributed by atoms with Crippen molar-refractivity contribution < 1.29 is 21.9 Å². The second-order valence-corrected chi connectivity index (χ2v) is 7.65. The number of nitrogens with one attached hydrogen (secondary N) is 1. The Morgan fingerprint density at radius 3 is 2.56 bits per heavy atom. The molecule has 0 bridgehead atoms. The molecule has 1 heterocycles. The van der Waals surface area contributed by atoms with Crippen molar-refractivity contribution in [3.8, 4) is 5.75 Å². The number of anilines is 2. The maximum Gasteiger partial charge on any atom is 0.235 e. The number of benzene rings is 2. The van der Waals surface area contributed by atoms with Gasteiger partial charge < -0.3 is 10.1 Å². The first kappa shape index (κ1) is 17.5. The van der Waals surface area contributed by atoms with E-state index in [2.05, 4.69) is 5.32 Å². The number of nitrogens with zero attached hydrogens (tertiary/aromatic N) is 1. The average molecular weight is 368 g/mol. The Labute approximate surface area is 145 Å². The van der Waals surface area contributed by atoms with E-state index in [1.165, 1.54) is 46.8 Å². The SMILES string of the molecule is O=S1(=O)CCCN1c1ccc(F)c(NCCOc2ccc(F)cc2)c1. The molecule has 1 saturated heterocycles. The normalized spacial score (nSPS) is 16.0. The summed E-state index contributed by atoms with van der Waals surface area (Å²) in [7, 11) is -3.31. The summed E-state index contributed by atoms with van der Waals surface area (Å²) < 4.78 is 57.4. The van der Waals surface area contributed by atoms with Gasteiger partial charge in [0.05, 0.1) is 17.1 Å². The predicted octanol–water partition coefficient (Wildman–Crippen LogP) is 3.00. The smallest absolute Gasteiger partial charge is 0.235 e. The van der Waals surface area contributed by atoms with Gasteiger partial charge in [-0.05, 0) is 48.9 Å². The molecule has 0 aromatic heterocycles. The highest BCUT2D eigenvalue weighted by molar-refractivity contribution is 7.93. The molecule has 2 aromatic rings. The molecule has 3 rings (SSSR count). The third-order valence-corrected chi connectivity index (χ3v) is 5.71. The molecule has 1 N–H and O–H groups in total. The van der Waals surface area contributed by atoms with Gasteiger partial charge in [0, 0.05) is 13.1 Å². The topological polar surface area (TPSA) is 58.6 Å². The first-order valence-corrected chi connectivity index (χ1v) is 9.49. The zero-order valence-electron chi connectivity index (χ0n) is 13.4. The van der Waals surface area contributed by atoms with Crippen molar-refractivity contribution in [2.45, 2.75) is 6.42 Å². The van der Waals surface area contributed by atoms with Gasteiger partial charge in [0.15, 0.2) is 0 Å². The molecule has 0 saturated carbocycles. The van der Waals surface area contributed by atoms with E-state index < -0.39 is 15.8 Å². The molecule has 25 heavy (non-hydrogen) atoms. The third kappa shape index (κ3) is 4.19. The molecule has 0 amide bonds. The van der Waals surface area contributed by atoms with Crippen LogP contribution in [0.5, 0.6) is 5.75 Å². The van der Waals surface area contributed by atoms with Crippen LogP contribution < -0.4 is 14.4 Å². The summed E-state index contributed by atoms with van der Waals surface area (Å²) in [5, 5.41) is 2.89. The van der Waals surface area contributed by atoms with Crippen molar-refractivity contribution in [3.05, 3.63) is 54.1 Å². The van der Waals surface area contributed by atoms with E-state index in [9.17, 15) is 17.2 Å². The summed E-state index contributed by atoms with van der Waals surface area (Å²) in [4.78, 5) is 0. The van der Waals surface area contributed by atoms with Crippen LogP contribution in [0.2, 0.25) is 0 Å². The monoisotopic (exact) mass is 368 g/mol. The van der Waals surface area contributed by atoms with Crippen LogP contribution in [-0.2, 0) is 10.0 Å². The van der Waals surface area contributed by atoms with Crippen LogP contribution in [0, 0.1) is 11.6 Å². The predicted molar refractivity (Wildman–Crippen MR) is 92.5 cm³/mol. The van der Waals surface area contributed by atoms with Gasteiger partial charge in [0.1, 0.15) is 24.0 Å². The zero-order valence-corrected chi connectivity index (χ0v) is 14.2. The molecule has 1 aliphatic heterocycles. The maximum atomic E-state index is 13.9. The van der Waals surface area contributed by atoms with Gasteiger partial charge in [0.25, 0.3) is 0 Å². The van der Waals surface area contributed by atoms with Crippen LogP contribution in [0.15, 0.2) is 42.5 Å². The minimum absolute atomic E-state index is 0.110. The second kappa shape index (κ2) is 7.26. The van der Waals surface area contributed by atoms with Gasteiger partial charge in [-0.3, -0.25) is 4.31 Å². The maximum absolute atomic E-state index is 13.9. The second-order valence-electron chi connectivity index (χ2n) is 5.64. The Bertz CT molecular complexity index is 841. The fraction of sp³-hybridized carbons (Fsp3) is 0.294. The highest BCUT2D eigenvalue weighted by Crippen LogP contribution is 2.28. The van der Waals surface area contributed by atoms with Crippen molar-refractivity contribution in [2.24, 2.45) is 0 Å². The fourth-order valence-electron chi connectivity index (χ4n) is 2.62. The van der Waals surface area contributed by atoms with E-state index in [4.69, 9.17) is 4.74 Å². The van der Waals surface area contributed by atoms with Crippen LogP contribution >= 0.6 is 0 Å². The molecule has 5 nitrogen and oxygen atoms in total. The van der Waals surface area contributed by atoms with E-state index >= 15 is 0 Å². The summed E-state index contributed by atoms with van der Waals surface area (Å²) in [6, 6.07) is 9.79. The number of sulfonamides is 1. The number of ether oxygens (including phenoxy) is 1. The number of hydrogen-bond donors (Lipinski definition) is 1. The van der Waals surface area contributed by atoms with Crippen LogP contribution in [0.25, 0.3) is 0 Å². The molecule has 0 atom stereocenters. The van der Waals surface area contributed by atoms with Crippen molar-refractivity contribution in [2.75, 3.05) is 35.1 Å². The van der Waals surface area contributed by atoms with Crippen LogP contribution in [0.3, 0.4) is 0 Å². The highest BCUT2D eigenvalue weighted by Gasteiger charge is 2.28. The minimum Gasteiger partial charge on any atom is -0.492 e. The molecule has 1 fully saturated rings. The molecule has 0 radical (unpaired) electrons. The Kier molecular flexibility index (Phi) is 5.08. The third-order valence-electron chi connectivity index (χ3n) is 3.84. The number of halogens is 2. The van der Waals surface area contributed by atoms with E-state index in [1.54, 1.807) is 0 Å². The first-order valence-electron chi connectivity index (χ1n) is 7.88. The lowest BCUT2D eigenvalue weighted by Crippen LogP contribution is -2.25. The summed E-state index contributed by atoms with van der Waals surface area (Å²) in [6.07, 6.45) is 0.563. The van der Waals surface area contributed by atoms with Gasteiger partial charge in [-0.15, -0.1) is 0 Å². The Morgan fingerprint density at radius 2 is 1.88 bits per heavy atom.